The van der Waals surface area contributed by atoms with Crippen LogP contribution < -0.4 is 0 Å². The van der Waals surface area contributed by atoms with Gasteiger partial charge in [0.25, 0.3) is 5.91 Å². The highest BCUT2D eigenvalue weighted by atomic mass is 16.5. The standard InChI is InChI=1S/C23H31N3O2/c1-4-25-15-20(19-8-6-5-7-9-19)14-23(16-25)10-12-26(13-11-23)22(27)21-17(2)24-28-18(21)3/h5-9,20H,4,10-16H2,1-3H3/t20-/m1/s1. The van der Waals surface area contributed by atoms with E-state index in [1.165, 1.54) is 12.0 Å². The fraction of sp³-hybridized carbons (Fsp3) is 0.565. The Morgan fingerprint density at radius 1 is 1.21 bits per heavy atom. The first-order valence-electron chi connectivity index (χ1n) is 10.5. The molecular weight excluding hydrogens is 350 g/mol. The molecule has 2 fully saturated rings. The van der Waals surface area contributed by atoms with Gasteiger partial charge in [0, 0.05) is 26.2 Å². The fourth-order valence-electron chi connectivity index (χ4n) is 5.18. The van der Waals surface area contributed by atoms with E-state index in [2.05, 4.69) is 47.3 Å². The molecule has 1 spiro atoms. The minimum absolute atomic E-state index is 0.0777. The summed E-state index contributed by atoms with van der Waals surface area (Å²) in [5.41, 5.74) is 3.11. The van der Waals surface area contributed by atoms with Crippen molar-refractivity contribution in [3.63, 3.8) is 0 Å². The normalized spacial score (nSPS) is 22.5. The van der Waals surface area contributed by atoms with Gasteiger partial charge in [-0.15, -0.1) is 0 Å². The number of carbonyl (C=O) groups excluding carboxylic acids is 1. The highest BCUT2D eigenvalue weighted by Crippen LogP contribution is 2.45. The van der Waals surface area contributed by atoms with Gasteiger partial charge in [0.1, 0.15) is 11.3 Å². The molecule has 2 aromatic rings. The largest absolute Gasteiger partial charge is 0.361 e. The van der Waals surface area contributed by atoms with Gasteiger partial charge in [-0.25, -0.2) is 0 Å². The van der Waals surface area contributed by atoms with Crippen molar-refractivity contribution < 1.29 is 9.32 Å². The van der Waals surface area contributed by atoms with E-state index < -0.39 is 0 Å². The van der Waals surface area contributed by atoms with Gasteiger partial charge in [-0.1, -0.05) is 42.4 Å². The molecule has 1 atom stereocenters. The average Bonchev–Trinajstić information content (AvgIpc) is 3.06. The first-order chi connectivity index (χ1) is 13.5. The maximum atomic E-state index is 13.0. The molecule has 4 rings (SSSR count). The van der Waals surface area contributed by atoms with Crippen LogP contribution in [0.5, 0.6) is 0 Å². The maximum absolute atomic E-state index is 13.0. The number of aryl methyl sites for hydroxylation is 2. The van der Waals surface area contributed by atoms with Gasteiger partial charge in [0.15, 0.2) is 0 Å². The highest BCUT2D eigenvalue weighted by molar-refractivity contribution is 5.96. The molecule has 3 heterocycles. The van der Waals surface area contributed by atoms with E-state index in [0.29, 0.717) is 28.4 Å². The Labute approximate surface area is 167 Å². The van der Waals surface area contributed by atoms with Crippen LogP contribution >= 0.6 is 0 Å². The molecule has 0 radical (unpaired) electrons. The number of amides is 1. The molecule has 0 saturated carbocycles. The molecule has 5 nitrogen and oxygen atoms in total. The van der Waals surface area contributed by atoms with Crippen LogP contribution in [-0.2, 0) is 0 Å². The molecule has 0 N–H and O–H groups in total. The lowest BCUT2D eigenvalue weighted by atomic mass is 9.68. The predicted octanol–water partition coefficient (Wildman–Crippen LogP) is 4.02. The van der Waals surface area contributed by atoms with Crippen LogP contribution in [0.3, 0.4) is 0 Å². The van der Waals surface area contributed by atoms with Gasteiger partial charge in [-0.2, -0.15) is 0 Å². The molecule has 28 heavy (non-hydrogen) atoms. The monoisotopic (exact) mass is 381 g/mol. The minimum atomic E-state index is 0.0777. The first-order valence-corrected chi connectivity index (χ1v) is 10.5. The van der Waals surface area contributed by atoms with Crippen molar-refractivity contribution >= 4 is 5.91 Å². The van der Waals surface area contributed by atoms with Crippen LogP contribution in [0.2, 0.25) is 0 Å². The average molecular weight is 382 g/mol. The molecule has 2 aliphatic rings. The number of aromatic nitrogens is 1. The van der Waals surface area contributed by atoms with Crippen molar-refractivity contribution in [1.29, 1.82) is 0 Å². The fourth-order valence-corrected chi connectivity index (χ4v) is 5.18. The van der Waals surface area contributed by atoms with E-state index in [9.17, 15) is 4.79 Å². The summed E-state index contributed by atoms with van der Waals surface area (Å²) in [6.07, 6.45) is 3.37. The molecule has 2 saturated heterocycles. The minimum Gasteiger partial charge on any atom is -0.361 e. The summed E-state index contributed by atoms with van der Waals surface area (Å²) in [7, 11) is 0. The highest BCUT2D eigenvalue weighted by Gasteiger charge is 2.43. The zero-order valence-corrected chi connectivity index (χ0v) is 17.3. The number of carbonyl (C=O) groups is 1. The van der Waals surface area contributed by atoms with E-state index in [4.69, 9.17) is 4.52 Å². The molecule has 0 aliphatic carbocycles. The molecule has 5 heteroatoms. The van der Waals surface area contributed by atoms with Crippen LogP contribution in [-0.4, -0.2) is 53.6 Å². The topological polar surface area (TPSA) is 49.6 Å². The third-order valence-electron chi connectivity index (χ3n) is 6.79. The number of likely N-dealkylation sites (tertiary alicyclic amines) is 2. The Bertz CT molecular complexity index is 802. The van der Waals surface area contributed by atoms with Crippen molar-refractivity contribution in [2.75, 3.05) is 32.7 Å². The third kappa shape index (κ3) is 3.60. The number of nitrogens with zero attached hydrogens (tertiary/aromatic N) is 3. The van der Waals surface area contributed by atoms with Crippen molar-refractivity contribution in [3.05, 3.63) is 52.9 Å². The van der Waals surface area contributed by atoms with Crippen molar-refractivity contribution in [2.45, 2.75) is 46.0 Å². The van der Waals surface area contributed by atoms with Crippen molar-refractivity contribution in [1.82, 2.24) is 15.0 Å². The quantitative estimate of drug-likeness (QED) is 0.806. The van der Waals surface area contributed by atoms with Crippen LogP contribution in [0.15, 0.2) is 34.9 Å². The van der Waals surface area contributed by atoms with E-state index in [-0.39, 0.29) is 5.91 Å². The number of benzene rings is 1. The summed E-state index contributed by atoms with van der Waals surface area (Å²) in [5.74, 6) is 1.29. The number of likely N-dealkylation sites (N-methyl/N-ethyl adjacent to an activating group) is 1. The van der Waals surface area contributed by atoms with E-state index >= 15 is 0 Å². The maximum Gasteiger partial charge on any atom is 0.259 e. The Morgan fingerprint density at radius 3 is 2.54 bits per heavy atom. The summed E-state index contributed by atoms with van der Waals surface area (Å²) in [6.45, 7) is 11.0. The number of rotatable bonds is 3. The Kier molecular flexibility index (Phi) is 5.28. The predicted molar refractivity (Wildman–Crippen MR) is 109 cm³/mol. The first kappa shape index (κ1) is 19.2. The molecular formula is C23H31N3O2. The van der Waals surface area contributed by atoms with Crippen molar-refractivity contribution in [2.24, 2.45) is 5.41 Å². The van der Waals surface area contributed by atoms with Crippen LogP contribution in [0.4, 0.5) is 0 Å². The number of hydrogen-bond acceptors (Lipinski definition) is 4. The second kappa shape index (κ2) is 7.70. The smallest absolute Gasteiger partial charge is 0.259 e. The number of piperidine rings is 2. The van der Waals surface area contributed by atoms with E-state index in [1.54, 1.807) is 0 Å². The second-order valence-electron chi connectivity index (χ2n) is 8.63. The molecule has 150 valence electrons. The summed E-state index contributed by atoms with van der Waals surface area (Å²) in [5, 5.41) is 3.95. The number of hydrogen-bond donors (Lipinski definition) is 0. The third-order valence-corrected chi connectivity index (χ3v) is 6.79. The van der Waals surface area contributed by atoms with E-state index in [1.807, 2.05) is 18.7 Å². The van der Waals surface area contributed by atoms with Crippen LogP contribution in [0.25, 0.3) is 0 Å². The SMILES string of the molecule is CCN1C[C@H](c2ccccc2)CC2(CCN(C(=O)c3c(C)noc3C)CC2)C1. The molecule has 0 unspecified atom stereocenters. The summed E-state index contributed by atoms with van der Waals surface area (Å²) in [6, 6.07) is 10.9. The van der Waals surface area contributed by atoms with Crippen molar-refractivity contribution in [3.8, 4) is 0 Å². The van der Waals surface area contributed by atoms with Gasteiger partial charge in [0.05, 0.1) is 5.69 Å². The van der Waals surface area contributed by atoms with E-state index in [0.717, 1.165) is 45.6 Å². The second-order valence-corrected chi connectivity index (χ2v) is 8.63. The van der Waals surface area contributed by atoms with Crippen LogP contribution in [0.1, 0.15) is 59.5 Å². The Balaban J connectivity index is 1.48. The summed E-state index contributed by atoms with van der Waals surface area (Å²) in [4.78, 5) is 17.6. The molecule has 1 amide bonds. The Hall–Kier alpha value is -2.14. The lowest BCUT2D eigenvalue weighted by Crippen LogP contribution is -2.52. The zero-order chi connectivity index (χ0) is 19.7. The molecule has 1 aromatic heterocycles. The molecule has 0 bridgehead atoms. The molecule has 2 aliphatic heterocycles. The summed E-state index contributed by atoms with van der Waals surface area (Å²) >= 11 is 0. The lowest BCUT2D eigenvalue weighted by Gasteiger charge is -2.50. The summed E-state index contributed by atoms with van der Waals surface area (Å²) < 4.78 is 5.20. The van der Waals surface area contributed by atoms with Crippen LogP contribution in [0, 0.1) is 19.3 Å². The van der Waals surface area contributed by atoms with Gasteiger partial charge >= 0.3 is 0 Å². The lowest BCUT2D eigenvalue weighted by molar-refractivity contribution is 0.0157. The van der Waals surface area contributed by atoms with Gasteiger partial charge in [-0.3, -0.25) is 4.79 Å². The van der Waals surface area contributed by atoms with Gasteiger partial charge < -0.3 is 14.3 Å². The Morgan fingerprint density at radius 2 is 1.93 bits per heavy atom. The molecule has 1 aromatic carbocycles. The van der Waals surface area contributed by atoms with Gasteiger partial charge in [-0.05, 0) is 56.6 Å². The van der Waals surface area contributed by atoms with Gasteiger partial charge in [0.2, 0.25) is 0 Å². The zero-order valence-electron chi connectivity index (χ0n) is 17.3.